The Labute approximate surface area is 130 Å². The van der Waals surface area contributed by atoms with Gasteiger partial charge in [0.25, 0.3) is 0 Å². The van der Waals surface area contributed by atoms with Crippen LogP contribution >= 0.6 is 0 Å². The summed E-state index contributed by atoms with van der Waals surface area (Å²) < 4.78 is 0. The van der Waals surface area contributed by atoms with Crippen LogP contribution < -0.4 is 5.32 Å². The van der Waals surface area contributed by atoms with Crippen LogP contribution in [0.25, 0.3) is 0 Å². The molecule has 21 heavy (non-hydrogen) atoms. The molecule has 1 aliphatic heterocycles. The minimum atomic E-state index is 0.286. The van der Waals surface area contributed by atoms with Gasteiger partial charge in [0.2, 0.25) is 0 Å². The van der Waals surface area contributed by atoms with E-state index in [1.54, 1.807) is 0 Å². The van der Waals surface area contributed by atoms with E-state index in [0.29, 0.717) is 6.04 Å². The van der Waals surface area contributed by atoms with Crippen molar-refractivity contribution in [3.05, 3.63) is 29.6 Å². The fourth-order valence-electron chi connectivity index (χ4n) is 3.56. The molecule has 0 aliphatic carbocycles. The van der Waals surface area contributed by atoms with Crippen molar-refractivity contribution in [3.63, 3.8) is 0 Å². The predicted molar refractivity (Wildman–Crippen MR) is 89.4 cm³/mol. The number of hydrogen-bond acceptors (Lipinski definition) is 3. The third-order valence-corrected chi connectivity index (χ3v) is 5.24. The average Bonchev–Trinajstić information content (AvgIpc) is 2.51. The lowest BCUT2D eigenvalue weighted by atomic mass is 9.86. The molecule has 0 radical (unpaired) electrons. The lowest BCUT2D eigenvalue weighted by Gasteiger charge is -2.49. The number of aryl methyl sites for hydroxylation is 1. The van der Waals surface area contributed by atoms with Crippen LogP contribution in [0.5, 0.6) is 0 Å². The SMILES string of the molecule is CCCC1CN(Cc2ncccc2C)C(CC)(CC)CN1. The molecule has 1 aliphatic rings. The van der Waals surface area contributed by atoms with Gasteiger partial charge in [-0.05, 0) is 37.8 Å². The standard InChI is InChI=1S/C18H31N3/c1-5-9-16-12-21(18(6-2,7-3)14-20-16)13-17-15(4)10-8-11-19-17/h8,10-11,16,20H,5-7,9,12-14H2,1-4H3. The van der Waals surface area contributed by atoms with Crippen LogP contribution in [0, 0.1) is 6.92 Å². The van der Waals surface area contributed by atoms with Gasteiger partial charge in [-0.1, -0.05) is 33.3 Å². The maximum Gasteiger partial charge on any atom is 0.0573 e. The zero-order valence-electron chi connectivity index (χ0n) is 14.2. The van der Waals surface area contributed by atoms with Crippen molar-refractivity contribution in [1.29, 1.82) is 0 Å². The number of rotatable bonds is 6. The second kappa shape index (κ2) is 7.37. The molecule has 1 unspecified atom stereocenters. The highest BCUT2D eigenvalue weighted by molar-refractivity contribution is 5.18. The Morgan fingerprint density at radius 1 is 1.33 bits per heavy atom. The average molecular weight is 289 g/mol. The molecule has 1 aromatic rings. The van der Waals surface area contributed by atoms with Crippen LogP contribution in [0.3, 0.4) is 0 Å². The quantitative estimate of drug-likeness (QED) is 0.868. The van der Waals surface area contributed by atoms with Crippen LogP contribution in [0.4, 0.5) is 0 Å². The van der Waals surface area contributed by atoms with Crippen molar-refractivity contribution < 1.29 is 0 Å². The second-order valence-corrected chi connectivity index (χ2v) is 6.45. The van der Waals surface area contributed by atoms with Crippen LogP contribution in [0.2, 0.25) is 0 Å². The van der Waals surface area contributed by atoms with E-state index >= 15 is 0 Å². The molecular formula is C18H31N3. The smallest absolute Gasteiger partial charge is 0.0573 e. The van der Waals surface area contributed by atoms with Gasteiger partial charge < -0.3 is 5.32 Å². The number of nitrogens with zero attached hydrogens (tertiary/aromatic N) is 2. The highest BCUT2D eigenvalue weighted by atomic mass is 15.3. The first-order chi connectivity index (χ1) is 10.1. The molecule has 0 bridgehead atoms. The van der Waals surface area contributed by atoms with Gasteiger partial charge in [-0.2, -0.15) is 0 Å². The molecular weight excluding hydrogens is 258 g/mol. The molecule has 1 N–H and O–H groups in total. The van der Waals surface area contributed by atoms with E-state index < -0.39 is 0 Å². The first kappa shape index (κ1) is 16.4. The highest BCUT2D eigenvalue weighted by Gasteiger charge is 2.38. The van der Waals surface area contributed by atoms with E-state index in [1.807, 2.05) is 12.3 Å². The highest BCUT2D eigenvalue weighted by Crippen LogP contribution is 2.29. The van der Waals surface area contributed by atoms with Crippen molar-refractivity contribution in [2.24, 2.45) is 0 Å². The summed E-state index contributed by atoms with van der Waals surface area (Å²) in [7, 11) is 0. The molecule has 3 heteroatoms. The van der Waals surface area contributed by atoms with Gasteiger partial charge in [0.05, 0.1) is 5.69 Å². The van der Waals surface area contributed by atoms with Crippen LogP contribution in [-0.4, -0.2) is 34.6 Å². The van der Waals surface area contributed by atoms with Gasteiger partial charge in [0.1, 0.15) is 0 Å². The Kier molecular flexibility index (Phi) is 5.77. The van der Waals surface area contributed by atoms with Crippen LogP contribution in [0.1, 0.15) is 57.7 Å². The second-order valence-electron chi connectivity index (χ2n) is 6.45. The summed E-state index contributed by atoms with van der Waals surface area (Å²) >= 11 is 0. The predicted octanol–water partition coefficient (Wildman–Crippen LogP) is 3.52. The zero-order valence-corrected chi connectivity index (χ0v) is 14.2. The third-order valence-electron chi connectivity index (χ3n) is 5.24. The maximum absolute atomic E-state index is 4.62. The number of pyridine rings is 1. The molecule has 0 saturated carbocycles. The fraction of sp³-hybridized carbons (Fsp3) is 0.722. The minimum absolute atomic E-state index is 0.286. The molecule has 1 fully saturated rings. The van der Waals surface area contributed by atoms with Gasteiger partial charge in [-0.3, -0.25) is 9.88 Å². The van der Waals surface area contributed by atoms with E-state index in [-0.39, 0.29) is 5.54 Å². The van der Waals surface area contributed by atoms with E-state index in [0.717, 1.165) is 19.6 Å². The molecule has 1 saturated heterocycles. The fourth-order valence-corrected chi connectivity index (χ4v) is 3.56. The Hall–Kier alpha value is -0.930. The first-order valence-electron chi connectivity index (χ1n) is 8.54. The van der Waals surface area contributed by atoms with Gasteiger partial charge >= 0.3 is 0 Å². The number of hydrogen-bond donors (Lipinski definition) is 1. The molecule has 1 aromatic heterocycles. The summed E-state index contributed by atoms with van der Waals surface area (Å²) in [6.45, 7) is 12.3. The van der Waals surface area contributed by atoms with Crippen molar-refractivity contribution in [1.82, 2.24) is 15.2 Å². The maximum atomic E-state index is 4.62. The Balaban J connectivity index is 2.19. The van der Waals surface area contributed by atoms with Crippen LogP contribution in [-0.2, 0) is 6.54 Å². The van der Waals surface area contributed by atoms with Gasteiger partial charge in [-0.15, -0.1) is 0 Å². The molecule has 3 nitrogen and oxygen atoms in total. The first-order valence-corrected chi connectivity index (χ1v) is 8.54. The summed E-state index contributed by atoms with van der Waals surface area (Å²) in [5.74, 6) is 0. The summed E-state index contributed by atoms with van der Waals surface area (Å²) in [4.78, 5) is 7.31. The molecule has 1 atom stereocenters. The molecule has 0 amide bonds. The monoisotopic (exact) mass is 289 g/mol. The van der Waals surface area contributed by atoms with Crippen LogP contribution in [0.15, 0.2) is 18.3 Å². The summed E-state index contributed by atoms with van der Waals surface area (Å²) in [6.07, 6.45) is 6.83. The largest absolute Gasteiger partial charge is 0.311 e. The van der Waals surface area contributed by atoms with Crippen molar-refractivity contribution in [2.75, 3.05) is 13.1 Å². The molecule has 118 valence electrons. The summed E-state index contributed by atoms with van der Waals surface area (Å²) in [5, 5.41) is 3.78. The minimum Gasteiger partial charge on any atom is -0.311 e. The number of aromatic nitrogens is 1. The van der Waals surface area contributed by atoms with Gasteiger partial charge in [0.15, 0.2) is 0 Å². The van der Waals surface area contributed by atoms with Gasteiger partial charge in [0, 0.05) is 37.4 Å². The van der Waals surface area contributed by atoms with E-state index in [2.05, 4.69) is 49.0 Å². The van der Waals surface area contributed by atoms with E-state index in [9.17, 15) is 0 Å². The van der Waals surface area contributed by atoms with Crippen molar-refractivity contribution >= 4 is 0 Å². The lowest BCUT2D eigenvalue weighted by molar-refractivity contribution is 0.0216. The van der Waals surface area contributed by atoms with Gasteiger partial charge in [-0.25, -0.2) is 0 Å². The van der Waals surface area contributed by atoms with Crippen molar-refractivity contribution in [3.8, 4) is 0 Å². The molecule has 2 heterocycles. The van der Waals surface area contributed by atoms with E-state index in [4.69, 9.17) is 0 Å². The molecule has 0 aromatic carbocycles. The molecule has 0 spiro atoms. The number of piperazine rings is 1. The van der Waals surface area contributed by atoms with Crippen molar-refractivity contribution in [2.45, 2.75) is 71.5 Å². The Bertz CT molecular complexity index is 440. The third kappa shape index (κ3) is 3.64. The molecule has 2 rings (SSSR count). The zero-order chi connectivity index (χ0) is 15.3. The Morgan fingerprint density at radius 2 is 2.10 bits per heavy atom. The Morgan fingerprint density at radius 3 is 2.71 bits per heavy atom. The number of nitrogens with one attached hydrogen (secondary N) is 1. The topological polar surface area (TPSA) is 28.2 Å². The lowest BCUT2D eigenvalue weighted by Crippen LogP contribution is -2.63. The normalized spacial score (nSPS) is 22.4. The summed E-state index contributed by atoms with van der Waals surface area (Å²) in [5.41, 5.74) is 2.83. The van der Waals surface area contributed by atoms with E-state index in [1.165, 1.54) is 36.9 Å². The summed E-state index contributed by atoms with van der Waals surface area (Å²) in [6, 6.07) is 4.84.